The van der Waals surface area contributed by atoms with Crippen LogP contribution >= 0.6 is 0 Å². The molecule has 1 heterocycles. The summed E-state index contributed by atoms with van der Waals surface area (Å²) in [6.45, 7) is 5.71. The normalized spacial score (nSPS) is 12.2. The molecule has 7 heteroatoms. The standard InChI is InChI=1S/C38H35N3O4/c1-5-7-11-26(6-2)28-14-18-30(19-15-28)35-39-36(31-20-16-29(17-21-31)27-12-9-8-10-13-27)41-37(40-35)33-23-22-32(24-34(33)42)45-25(3)38(43)44-4/h6-25,42H,5H2,1-4H3/b11-7-,26-6+. The quantitative estimate of drug-likeness (QED) is 0.127. The van der Waals surface area contributed by atoms with Crippen LogP contribution in [0.25, 0.3) is 50.9 Å². The van der Waals surface area contributed by atoms with Gasteiger partial charge in [0.2, 0.25) is 0 Å². The van der Waals surface area contributed by atoms with Crippen molar-refractivity contribution in [1.29, 1.82) is 0 Å². The van der Waals surface area contributed by atoms with E-state index in [4.69, 9.17) is 24.4 Å². The van der Waals surface area contributed by atoms with Gasteiger partial charge < -0.3 is 14.6 Å². The molecule has 0 fully saturated rings. The molecule has 0 aliphatic carbocycles. The number of phenolic OH excluding ortho intramolecular Hbond substituents is 1. The average Bonchev–Trinajstić information content (AvgIpc) is 3.08. The Hall–Kier alpha value is -5.56. The van der Waals surface area contributed by atoms with Crippen LogP contribution in [0.1, 0.15) is 32.8 Å². The molecule has 0 spiro atoms. The number of esters is 1. The Kier molecular flexibility index (Phi) is 9.80. The van der Waals surface area contributed by atoms with Crippen molar-refractivity contribution < 1.29 is 19.4 Å². The molecular formula is C38H35N3O4. The smallest absolute Gasteiger partial charge is 0.346 e. The Bertz CT molecular complexity index is 1830. The summed E-state index contributed by atoms with van der Waals surface area (Å²) in [5.74, 6) is 0.945. The molecule has 1 aromatic heterocycles. The first kappa shape index (κ1) is 30.9. The van der Waals surface area contributed by atoms with E-state index in [0.717, 1.165) is 39.8 Å². The van der Waals surface area contributed by atoms with Crippen LogP contribution in [-0.2, 0) is 9.53 Å². The first-order chi connectivity index (χ1) is 21.9. The SMILES string of the molecule is C/C=C(\C=C/CC)c1ccc(-c2nc(-c3ccc(-c4ccccc4)cc3)nc(-c3ccc(OC(C)C(=O)OC)cc3O)n2)cc1. The number of aromatic nitrogens is 3. The number of hydrogen-bond donors (Lipinski definition) is 1. The molecule has 0 saturated carbocycles. The van der Waals surface area contributed by atoms with Gasteiger partial charge in [0.1, 0.15) is 11.5 Å². The Balaban J connectivity index is 1.56. The summed E-state index contributed by atoms with van der Waals surface area (Å²) >= 11 is 0. The number of rotatable bonds is 10. The molecule has 0 aliphatic heterocycles. The van der Waals surface area contributed by atoms with Crippen molar-refractivity contribution in [2.24, 2.45) is 0 Å². The van der Waals surface area contributed by atoms with Crippen LogP contribution in [0.5, 0.6) is 11.5 Å². The fourth-order valence-electron chi connectivity index (χ4n) is 4.80. The summed E-state index contributed by atoms with van der Waals surface area (Å²) in [5, 5.41) is 11.0. The minimum absolute atomic E-state index is 0.0946. The van der Waals surface area contributed by atoms with Crippen molar-refractivity contribution in [3.8, 4) is 56.8 Å². The van der Waals surface area contributed by atoms with E-state index in [2.05, 4.69) is 49.4 Å². The number of carbonyl (C=O) groups is 1. The Morgan fingerprint density at radius 1 is 0.800 bits per heavy atom. The lowest BCUT2D eigenvalue weighted by molar-refractivity contribution is -0.147. The molecule has 1 N–H and O–H groups in total. The summed E-state index contributed by atoms with van der Waals surface area (Å²) in [7, 11) is 1.30. The number of nitrogens with zero attached hydrogens (tertiary/aromatic N) is 3. The van der Waals surface area contributed by atoms with Gasteiger partial charge in [-0.25, -0.2) is 19.7 Å². The summed E-state index contributed by atoms with van der Waals surface area (Å²) in [5.41, 5.74) is 6.43. The van der Waals surface area contributed by atoms with E-state index in [1.54, 1.807) is 19.1 Å². The molecule has 226 valence electrons. The second-order valence-corrected chi connectivity index (χ2v) is 10.3. The molecule has 45 heavy (non-hydrogen) atoms. The summed E-state index contributed by atoms with van der Waals surface area (Å²) in [6.07, 6.45) is 6.47. The number of methoxy groups -OCH3 is 1. The van der Waals surface area contributed by atoms with E-state index >= 15 is 0 Å². The molecule has 5 aromatic rings. The van der Waals surface area contributed by atoms with Gasteiger partial charge in [0, 0.05) is 17.2 Å². The fraction of sp³-hybridized carbons (Fsp3) is 0.158. The third kappa shape index (κ3) is 7.33. The average molecular weight is 598 g/mol. The Labute approximate surface area is 263 Å². The predicted octanol–water partition coefficient (Wildman–Crippen LogP) is 8.56. The first-order valence-electron chi connectivity index (χ1n) is 14.8. The van der Waals surface area contributed by atoms with Crippen LogP contribution in [0.2, 0.25) is 0 Å². The van der Waals surface area contributed by atoms with Crippen LogP contribution < -0.4 is 4.74 Å². The van der Waals surface area contributed by atoms with Gasteiger partial charge in [-0.15, -0.1) is 0 Å². The van der Waals surface area contributed by atoms with Crippen LogP contribution in [0.4, 0.5) is 0 Å². The van der Waals surface area contributed by atoms with Gasteiger partial charge in [0.25, 0.3) is 0 Å². The van der Waals surface area contributed by atoms with Gasteiger partial charge >= 0.3 is 5.97 Å². The Morgan fingerprint density at radius 3 is 1.96 bits per heavy atom. The second kappa shape index (κ2) is 14.3. The lowest BCUT2D eigenvalue weighted by atomic mass is 10.0. The highest BCUT2D eigenvalue weighted by Crippen LogP contribution is 2.34. The molecule has 4 aromatic carbocycles. The van der Waals surface area contributed by atoms with Crippen molar-refractivity contribution in [1.82, 2.24) is 15.0 Å². The third-order valence-electron chi connectivity index (χ3n) is 7.26. The topological polar surface area (TPSA) is 94.4 Å². The molecule has 0 bridgehead atoms. The highest BCUT2D eigenvalue weighted by atomic mass is 16.6. The molecule has 1 atom stereocenters. The van der Waals surface area contributed by atoms with Gasteiger partial charge in [0.15, 0.2) is 23.6 Å². The summed E-state index contributed by atoms with van der Waals surface area (Å²) < 4.78 is 10.4. The van der Waals surface area contributed by atoms with Crippen molar-refractivity contribution in [3.63, 3.8) is 0 Å². The molecule has 0 radical (unpaired) electrons. The van der Waals surface area contributed by atoms with Crippen LogP contribution in [0, 0.1) is 0 Å². The van der Waals surface area contributed by atoms with Crippen molar-refractivity contribution >= 4 is 11.5 Å². The van der Waals surface area contributed by atoms with Gasteiger partial charge in [-0.3, -0.25) is 0 Å². The molecule has 0 saturated heterocycles. The number of hydrogen-bond acceptors (Lipinski definition) is 7. The van der Waals surface area contributed by atoms with Crippen molar-refractivity contribution in [2.75, 3.05) is 7.11 Å². The number of carbonyl (C=O) groups excluding carboxylic acids is 1. The molecule has 0 amide bonds. The zero-order valence-corrected chi connectivity index (χ0v) is 25.8. The maximum atomic E-state index is 11.8. The summed E-state index contributed by atoms with van der Waals surface area (Å²) in [6, 6.07) is 31.0. The Morgan fingerprint density at radius 2 is 1.38 bits per heavy atom. The fourth-order valence-corrected chi connectivity index (χ4v) is 4.80. The lowest BCUT2D eigenvalue weighted by Crippen LogP contribution is -2.24. The molecule has 1 unspecified atom stereocenters. The number of benzene rings is 4. The van der Waals surface area contributed by atoms with Gasteiger partial charge in [0.05, 0.1) is 12.7 Å². The minimum atomic E-state index is -0.835. The number of ether oxygens (including phenoxy) is 2. The van der Waals surface area contributed by atoms with Crippen LogP contribution in [0.15, 0.2) is 115 Å². The number of aromatic hydroxyl groups is 1. The summed E-state index contributed by atoms with van der Waals surface area (Å²) in [4.78, 5) is 26.2. The van der Waals surface area contributed by atoms with Crippen LogP contribution in [0.3, 0.4) is 0 Å². The van der Waals surface area contributed by atoms with E-state index in [-0.39, 0.29) is 5.75 Å². The first-order valence-corrected chi connectivity index (χ1v) is 14.8. The van der Waals surface area contributed by atoms with E-state index in [1.165, 1.54) is 13.2 Å². The predicted molar refractivity (Wildman–Crippen MR) is 178 cm³/mol. The van der Waals surface area contributed by atoms with E-state index in [0.29, 0.717) is 28.8 Å². The zero-order chi connectivity index (χ0) is 31.8. The highest BCUT2D eigenvalue weighted by molar-refractivity contribution is 5.77. The van der Waals surface area contributed by atoms with Crippen LogP contribution in [-0.4, -0.2) is 39.2 Å². The van der Waals surface area contributed by atoms with Crippen molar-refractivity contribution in [3.05, 3.63) is 121 Å². The van der Waals surface area contributed by atoms with E-state index < -0.39 is 12.1 Å². The molecule has 7 nitrogen and oxygen atoms in total. The molecule has 5 rings (SSSR count). The van der Waals surface area contributed by atoms with Gasteiger partial charge in [-0.1, -0.05) is 104 Å². The minimum Gasteiger partial charge on any atom is -0.507 e. The third-order valence-corrected chi connectivity index (χ3v) is 7.26. The van der Waals surface area contributed by atoms with E-state index in [1.807, 2.05) is 61.5 Å². The lowest BCUT2D eigenvalue weighted by Gasteiger charge is -2.14. The van der Waals surface area contributed by atoms with Gasteiger partial charge in [-0.2, -0.15) is 0 Å². The number of phenols is 1. The second-order valence-electron chi connectivity index (χ2n) is 10.3. The maximum Gasteiger partial charge on any atom is 0.346 e. The maximum absolute atomic E-state index is 11.8. The monoisotopic (exact) mass is 597 g/mol. The largest absolute Gasteiger partial charge is 0.507 e. The highest BCUT2D eigenvalue weighted by Gasteiger charge is 2.18. The van der Waals surface area contributed by atoms with Gasteiger partial charge in [-0.05, 0) is 54.7 Å². The van der Waals surface area contributed by atoms with Crippen molar-refractivity contribution in [2.45, 2.75) is 33.3 Å². The molecule has 0 aliphatic rings. The molecular weight excluding hydrogens is 562 g/mol. The number of allylic oxidation sites excluding steroid dienone is 4. The zero-order valence-electron chi connectivity index (χ0n) is 25.8. The van der Waals surface area contributed by atoms with E-state index in [9.17, 15) is 9.90 Å².